The fraction of sp³-hybridized carbons (Fsp3) is 0.500. The fourth-order valence-corrected chi connectivity index (χ4v) is 3.14. The maximum absolute atomic E-state index is 5.60. The first-order valence-corrected chi connectivity index (χ1v) is 10.0. The third kappa shape index (κ3) is 6.48. The highest BCUT2D eigenvalue weighted by Crippen LogP contribution is 2.16. The summed E-state index contributed by atoms with van der Waals surface area (Å²) in [6.07, 6.45) is 2.15. The van der Waals surface area contributed by atoms with Gasteiger partial charge >= 0.3 is 0 Å². The minimum Gasteiger partial charge on any atom is -0.444 e. The van der Waals surface area contributed by atoms with Gasteiger partial charge in [0, 0.05) is 17.6 Å². The number of nitrogens with zero attached hydrogens (tertiary/aromatic N) is 2. The van der Waals surface area contributed by atoms with E-state index in [2.05, 4.69) is 74.7 Å². The number of oxazole rings is 1. The van der Waals surface area contributed by atoms with Crippen LogP contribution in [0, 0.1) is 19.8 Å². The molecule has 6 heteroatoms. The lowest BCUT2D eigenvalue weighted by molar-refractivity contribution is 0.471. The van der Waals surface area contributed by atoms with Gasteiger partial charge in [-0.25, -0.2) is 9.98 Å². The number of benzene rings is 1. The molecular weight excluding hydrogens is 392 g/mol. The van der Waals surface area contributed by atoms with Crippen molar-refractivity contribution < 1.29 is 4.42 Å². The molecule has 0 aliphatic heterocycles. The number of aromatic nitrogens is 1. The molecule has 1 aromatic heterocycles. The van der Waals surface area contributed by atoms with Crippen molar-refractivity contribution in [2.45, 2.75) is 47.1 Å². The molecule has 0 aliphatic rings. The van der Waals surface area contributed by atoms with Gasteiger partial charge in [-0.2, -0.15) is 0 Å². The number of hydrogen-bond donors (Lipinski definition) is 2. The van der Waals surface area contributed by atoms with E-state index in [0.29, 0.717) is 18.4 Å². The Morgan fingerprint density at radius 2 is 2.08 bits per heavy atom. The molecule has 2 N–H and O–H groups in total. The van der Waals surface area contributed by atoms with Gasteiger partial charge < -0.3 is 15.1 Å². The van der Waals surface area contributed by atoms with E-state index < -0.39 is 0 Å². The zero-order valence-electron chi connectivity index (χ0n) is 16.1. The highest BCUT2D eigenvalue weighted by molar-refractivity contribution is 9.10. The van der Waals surface area contributed by atoms with Crippen molar-refractivity contribution >= 4 is 21.9 Å². The molecule has 2 rings (SSSR count). The van der Waals surface area contributed by atoms with Crippen LogP contribution in [-0.2, 0) is 13.0 Å². The second-order valence-corrected chi connectivity index (χ2v) is 7.35. The van der Waals surface area contributed by atoms with Gasteiger partial charge in [0.05, 0.1) is 5.69 Å². The molecule has 0 saturated carbocycles. The predicted molar refractivity (Wildman–Crippen MR) is 110 cm³/mol. The first-order valence-electron chi connectivity index (χ1n) is 9.21. The molecule has 5 nitrogen and oxygen atoms in total. The van der Waals surface area contributed by atoms with Crippen LogP contribution in [0.3, 0.4) is 0 Å². The third-order valence-electron chi connectivity index (χ3n) is 4.34. The quantitative estimate of drug-likeness (QED) is 0.491. The van der Waals surface area contributed by atoms with E-state index in [0.717, 1.165) is 47.8 Å². The molecule has 1 unspecified atom stereocenters. The van der Waals surface area contributed by atoms with Gasteiger partial charge in [-0.1, -0.05) is 41.4 Å². The van der Waals surface area contributed by atoms with Crippen LogP contribution in [0.25, 0.3) is 0 Å². The smallest absolute Gasteiger partial charge is 0.216 e. The van der Waals surface area contributed by atoms with Gasteiger partial charge in [0.1, 0.15) is 12.3 Å². The second-order valence-electron chi connectivity index (χ2n) is 6.43. The van der Waals surface area contributed by atoms with E-state index in [1.165, 1.54) is 5.56 Å². The molecule has 0 spiro atoms. The van der Waals surface area contributed by atoms with Crippen LogP contribution in [0.1, 0.15) is 43.2 Å². The molecule has 142 valence electrons. The minimum atomic E-state index is 0.437. The van der Waals surface area contributed by atoms with Crippen molar-refractivity contribution in [2.24, 2.45) is 10.9 Å². The average molecular weight is 421 g/mol. The maximum atomic E-state index is 5.60. The Morgan fingerprint density at radius 1 is 1.27 bits per heavy atom. The van der Waals surface area contributed by atoms with E-state index in [1.807, 2.05) is 13.8 Å². The molecule has 1 aromatic carbocycles. The second kappa shape index (κ2) is 10.4. The number of guanidine groups is 1. The van der Waals surface area contributed by atoms with Crippen molar-refractivity contribution in [3.63, 3.8) is 0 Å². The van der Waals surface area contributed by atoms with Crippen LogP contribution < -0.4 is 10.6 Å². The molecule has 0 aliphatic carbocycles. The van der Waals surface area contributed by atoms with E-state index in [9.17, 15) is 0 Å². The van der Waals surface area contributed by atoms with Gasteiger partial charge in [0.25, 0.3) is 0 Å². The van der Waals surface area contributed by atoms with Crippen LogP contribution in [0.2, 0.25) is 0 Å². The molecule has 0 radical (unpaired) electrons. The molecule has 26 heavy (non-hydrogen) atoms. The molecule has 0 fully saturated rings. The molecule has 1 heterocycles. The Hall–Kier alpha value is -1.82. The maximum Gasteiger partial charge on any atom is 0.216 e. The van der Waals surface area contributed by atoms with Crippen LogP contribution in [0.5, 0.6) is 0 Å². The summed E-state index contributed by atoms with van der Waals surface area (Å²) in [5, 5.41) is 6.74. The molecule has 0 bridgehead atoms. The number of nitrogens with one attached hydrogen (secondary N) is 2. The van der Waals surface area contributed by atoms with Crippen molar-refractivity contribution in [1.29, 1.82) is 0 Å². The fourth-order valence-electron chi connectivity index (χ4n) is 2.69. The Kier molecular flexibility index (Phi) is 8.16. The summed E-state index contributed by atoms with van der Waals surface area (Å²) < 4.78 is 6.73. The van der Waals surface area contributed by atoms with E-state index in [1.54, 1.807) is 0 Å². The SMILES string of the molecule is CCNC(=NCc1nc(C)c(C)o1)NCC(CC)Cc1cccc(Br)c1. The molecule has 0 amide bonds. The Morgan fingerprint density at radius 3 is 2.69 bits per heavy atom. The van der Waals surface area contributed by atoms with Crippen molar-refractivity contribution in [2.75, 3.05) is 13.1 Å². The van der Waals surface area contributed by atoms with Crippen LogP contribution >= 0.6 is 15.9 Å². The number of aliphatic imine (C=N–C) groups is 1. The summed E-state index contributed by atoms with van der Waals surface area (Å²) in [6.45, 7) is 10.3. The van der Waals surface area contributed by atoms with Gasteiger partial charge in [-0.3, -0.25) is 0 Å². The molecular formula is C20H29BrN4O. The standard InChI is InChI=1S/C20H29BrN4O/c1-5-16(10-17-8-7-9-18(21)11-17)12-23-20(22-6-2)24-13-19-25-14(3)15(4)26-19/h7-9,11,16H,5-6,10,12-13H2,1-4H3,(H2,22,23,24). The van der Waals surface area contributed by atoms with Gasteiger partial charge in [0.15, 0.2) is 5.96 Å². The zero-order valence-corrected chi connectivity index (χ0v) is 17.7. The summed E-state index contributed by atoms with van der Waals surface area (Å²) in [4.78, 5) is 8.98. The lowest BCUT2D eigenvalue weighted by atomic mass is 9.97. The number of halogens is 1. The number of aryl methyl sites for hydroxylation is 2. The third-order valence-corrected chi connectivity index (χ3v) is 4.83. The first kappa shape index (κ1) is 20.5. The first-order chi connectivity index (χ1) is 12.5. The molecule has 0 saturated heterocycles. The monoisotopic (exact) mass is 420 g/mol. The number of rotatable bonds is 8. The Bertz CT molecular complexity index is 707. The highest BCUT2D eigenvalue weighted by Gasteiger charge is 2.10. The zero-order chi connectivity index (χ0) is 18.9. The lowest BCUT2D eigenvalue weighted by Gasteiger charge is -2.18. The average Bonchev–Trinajstić information content (AvgIpc) is 2.94. The largest absolute Gasteiger partial charge is 0.444 e. The van der Waals surface area contributed by atoms with Crippen molar-refractivity contribution in [3.05, 3.63) is 51.6 Å². The molecule has 1 atom stereocenters. The minimum absolute atomic E-state index is 0.437. The Labute approximate surface area is 164 Å². The lowest BCUT2D eigenvalue weighted by Crippen LogP contribution is -2.40. The summed E-state index contributed by atoms with van der Waals surface area (Å²) >= 11 is 3.55. The normalized spacial score (nSPS) is 12.9. The summed E-state index contributed by atoms with van der Waals surface area (Å²) in [6, 6.07) is 8.52. The highest BCUT2D eigenvalue weighted by atomic mass is 79.9. The van der Waals surface area contributed by atoms with E-state index in [-0.39, 0.29) is 0 Å². The summed E-state index contributed by atoms with van der Waals surface area (Å²) in [5.41, 5.74) is 2.27. The van der Waals surface area contributed by atoms with Gasteiger partial charge in [0.2, 0.25) is 5.89 Å². The van der Waals surface area contributed by atoms with Gasteiger partial charge in [-0.05, 0) is 50.8 Å². The van der Waals surface area contributed by atoms with Crippen LogP contribution in [-0.4, -0.2) is 24.0 Å². The Balaban J connectivity index is 1.93. The van der Waals surface area contributed by atoms with E-state index in [4.69, 9.17) is 4.42 Å². The van der Waals surface area contributed by atoms with Crippen LogP contribution in [0.15, 0.2) is 38.1 Å². The summed E-state index contributed by atoms with van der Waals surface area (Å²) in [7, 11) is 0. The molecule has 2 aromatic rings. The van der Waals surface area contributed by atoms with Crippen molar-refractivity contribution in [3.8, 4) is 0 Å². The van der Waals surface area contributed by atoms with E-state index >= 15 is 0 Å². The van der Waals surface area contributed by atoms with Gasteiger partial charge in [-0.15, -0.1) is 0 Å². The topological polar surface area (TPSA) is 62.5 Å². The number of hydrogen-bond acceptors (Lipinski definition) is 3. The van der Waals surface area contributed by atoms with Crippen molar-refractivity contribution in [1.82, 2.24) is 15.6 Å². The van der Waals surface area contributed by atoms with Crippen LogP contribution in [0.4, 0.5) is 0 Å². The predicted octanol–water partition coefficient (Wildman–Crippen LogP) is 4.38. The summed E-state index contributed by atoms with van der Waals surface area (Å²) in [5.74, 6) is 2.85.